The van der Waals surface area contributed by atoms with Crippen molar-refractivity contribution in [2.24, 2.45) is 12.8 Å². The van der Waals surface area contributed by atoms with E-state index in [1.54, 1.807) is 4.68 Å². The number of nitrogens with two attached hydrogens (primary N) is 1. The van der Waals surface area contributed by atoms with E-state index in [0.717, 1.165) is 17.8 Å². The summed E-state index contributed by atoms with van der Waals surface area (Å²) in [6.07, 6.45) is 0.809. The van der Waals surface area contributed by atoms with Crippen molar-refractivity contribution in [3.8, 4) is 0 Å². The van der Waals surface area contributed by atoms with E-state index in [4.69, 9.17) is 5.73 Å². The maximum atomic E-state index is 11.9. The predicted octanol–water partition coefficient (Wildman–Crippen LogP) is 0.715. The number of hydrogen-bond donors (Lipinski definition) is 1. The Bertz CT molecular complexity index is 348. The fourth-order valence-corrected chi connectivity index (χ4v) is 2.70. The molecule has 0 aromatic carbocycles. The fraction of sp³-hybridized carbons (Fsp3) is 0.700. The highest BCUT2D eigenvalue weighted by atomic mass is 32.2. The van der Waals surface area contributed by atoms with E-state index in [9.17, 15) is 4.21 Å². The van der Waals surface area contributed by atoms with Crippen LogP contribution < -0.4 is 5.73 Å². The van der Waals surface area contributed by atoms with Crippen molar-refractivity contribution >= 4 is 10.8 Å². The summed E-state index contributed by atoms with van der Waals surface area (Å²) in [6, 6.07) is 1.98. The third-order valence-corrected chi connectivity index (χ3v) is 4.12. The summed E-state index contributed by atoms with van der Waals surface area (Å²) in [5.74, 6) is 0.568. The number of hydrogen-bond acceptors (Lipinski definition) is 3. The molecule has 15 heavy (non-hydrogen) atoms. The molecular formula is C10H19N3OS. The standard InChI is InChI=1S/C10H19N3OS/c1-8-6-10(13(3)12-8)7-15(14)9(2)4-5-11/h6,9H,4-5,7,11H2,1-3H3. The molecule has 0 aliphatic heterocycles. The molecule has 2 unspecified atom stereocenters. The van der Waals surface area contributed by atoms with Crippen molar-refractivity contribution in [3.05, 3.63) is 17.5 Å². The van der Waals surface area contributed by atoms with Gasteiger partial charge in [0.25, 0.3) is 0 Å². The third kappa shape index (κ3) is 3.43. The summed E-state index contributed by atoms with van der Waals surface area (Å²) in [7, 11) is 1.03. The number of aromatic nitrogens is 2. The summed E-state index contributed by atoms with van der Waals surface area (Å²) in [5, 5.41) is 4.38. The van der Waals surface area contributed by atoms with Gasteiger partial charge >= 0.3 is 0 Å². The zero-order valence-corrected chi connectivity index (χ0v) is 10.4. The Hall–Kier alpha value is -0.680. The van der Waals surface area contributed by atoms with Crippen molar-refractivity contribution in [2.75, 3.05) is 6.54 Å². The Morgan fingerprint density at radius 1 is 1.67 bits per heavy atom. The van der Waals surface area contributed by atoms with Gasteiger partial charge < -0.3 is 5.73 Å². The van der Waals surface area contributed by atoms with Crippen LogP contribution in [0.15, 0.2) is 6.07 Å². The molecular weight excluding hydrogens is 210 g/mol. The first-order chi connectivity index (χ1) is 7.04. The van der Waals surface area contributed by atoms with Crippen LogP contribution in [0.1, 0.15) is 24.7 Å². The van der Waals surface area contributed by atoms with Crippen LogP contribution in [0.25, 0.3) is 0 Å². The summed E-state index contributed by atoms with van der Waals surface area (Å²) in [6.45, 7) is 4.51. The Morgan fingerprint density at radius 3 is 2.80 bits per heavy atom. The highest BCUT2D eigenvalue weighted by molar-refractivity contribution is 7.84. The highest BCUT2D eigenvalue weighted by Crippen LogP contribution is 2.10. The van der Waals surface area contributed by atoms with E-state index in [2.05, 4.69) is 5.10 Å². The summed E-state index contributed by atoms with van der Waals surface area (Å²) >= 11 is 0. The van der Waals surface area contributed by atoms with Gasteiger partial charge in [-0.05, 0) is 26.0 Å². The first kappa shape index (κ1) is 12.4. The molecule has 5 heteroatoms. The molecule has 2 atom stereocenters. The average Bonchev–Trinajstić information content (AvgIpc) is 2.45. The van der Waals surface area contributed by atoms with Crippen molar-refractivity contribution < 1.29 is 4.21 Å². The zero-order valence-electron chi connectivity index (χ0n) is 9.56. The molecule has 86 valence electrons. The van der Waals surface area contributed by atoms with Gasteiger partial charge in [0, 0.05) is 23.1 Å². The zero-order chi connectivity index (χ0) is 11.4. The molecule has 1 heterocycles. The van der Waals surface area contributed by atoms with Crippen LogP contribution in [0.2, 0.25) is 0 Å². The van der Waals surface area contributed by atoms with Crippen molar-refractivity contribution in [1.29, 1.82) is 0 Å². The lowest BCUT2D eigenvalue weighted by Crippen LogP contribution is -2.18. The second kappa shape index (κ2) is 5.42. The Morgan fingerprint density at radius 2 is 2.33 bits per heavy atom. The fourth-order valence-electron chi connectivity index (χ4n) is 1.45. The minimum atomic E-state index is -0.853. The molecule has 1 rings (SSSR count). The molecule has 0 radical (unpaired) electrons. The minimum absolute atomic E-state index is 0.158. The number of nitrogens with zero attached hydrogens (tertiary/aromatic N) is 2. The molecule has 0 aliphatic carbocycles. The number of rotatable bonds is 5. The molecule has 0 amide bonds. The minimum Gasteiger partial charge on any atom is -0.330 e. The van der Waals surface area contributed by atoms with Crippen LogP contribution in [-0.4, -0.2) is 25.8 Å². The average molecular weight is 229 g/mol. The lowest BCUT2D eigenvalue weighted by molar-refractivity contribution is 0.660. The van der Waals surface area contributed by atoms with Crippen molar-refractivity contribution in [2.45, 2.75) is 31.3 Å². The van der Waals surface area contributed by atoms with Gasteiger partial charge in [-0.2, -0.15) is 5.10 Å². The van der Waals surface area contributed by atoms with E-state index in [1.165, 1.54) is 0 Å². The largest absolute Gasteiger partial charge is 0.330 e. The van der Waals surface area contributed by atoms with E-state index < -0.39 is 10.8 Å². The van der Waals surface area contributed by atoms with Gasteiger partial charge in [-0.15, -0.1) is 0 Å². The Labute approximate surface area is 93.3 Å². The molecule has 1 aromatic heterocycles. The van der Waals surface area contributed by atoms with E-state index in [0.29, 0.717) is 12.3 Å². The molecule has 0 fully saturated rings. The van der Waals surface area contributed by atoms with Gasteiger partial charge in [0.2, 0.25) is 0 Å². The molecule has 0 bridgehead atoms. The topological polar surface area (TPSA) is 60.9 Å². The summed E-state index contributed by atoms with van der Waals surface area (Å²) < 4.78 is 13.7. The summed E-state index contributed by atoms with van der Waals surface area (Å²) in [4.78, 5) is 0. The second-order valence-corrected chi connectivity index (χ2v) is 5.67. The van der Waals surface area contributed by atoms with E-state index in [-0.39, 0.29) is 5.25 Å². The van der Waals surface area contributed by atoms with Crippen LogP contribution in [0, 0.1) is 6.92 Å². The third-order valence-electron chi connectivity index (χ3n) is 2.41. The molecule has 0 spiro atoms. The molecule has 0 saturated heterocycles. The first-order valence-corrected chi connectivity index (χ1v) is 6.49. The second-order valence-electron chi connectivity index (χ2n) is 3.81. The van der Waals surface area contributed by atoms with E-state index >= 15 is 0 Å². The maximum absolute atomic E-state index is 11.9. The molecule has 2 N–H and O–H groups in total. The lowest BCUT2D eigenvalue weighted by atomic mass is 10.3. The lowest BCUT2D eigenvalue weighted by Gasteiger charge is -2.09. The summed E-state index contributed by atoms with van der Waals surface area (Å²) in [5.41, 5.74) is 7.43. The Kier molecular flexibility index (Phi) is 4.47. The van der Waals surface area contributed by atoms with E-state index in [1.807, 2.05) is 27.0 Å². The molecule has 0 aliphatic rings. The predicted molar refractivity (Wildman–Crippen MR) is 62.9 cm³/mol. The smallest absolute Gasteiger partial charge is 0.0658 e. The highest BCUT2D eigenvalue weighted by Gasteiger charge is 2.13. The normalized spacial score (nSPS) is 15.2. The monoisotopic (exact) mass is 229 g/mol. The molecule has 1 aromatic rings. The van der Waals surface area contributed by atoms with Gasteiger partial charge in [0.1, 0.15) is 0 Å². The van der Waals surface area contributed by atoms with Gasteiger partial charge in [0.05, 0.1) is 17.1 Å². The first-order valence-electron chi connectivity index (χ1n) is 5.11. The SMILES string of the molecule is Cc1cc(CS(=O)C(C)CCN)n(C)n1. The maximum Gasteiger partial charge on any atom is 0.0658 e. The molecule has 4 nitrogen and oxygen atoms in total. The van der Waals surface area contributed by atoms with Crippen LogP contribution in [0.4, 0.5) is 0 Å². The van der Waals surface area contributed by atoms with Crippen LogP contribution >= 0.6 is 0 Å². The van der Waals surface area contributed by atoms with Gasteiger partial charge in [-0.1, -0.05) is 6.92 Å². The van der Waals surface area contributed by atoms with Crippen LogP contribution in [0.3, 0.4) is 0 Å². The molecule has 0 saturated carbocycles. The van der Waals surface area contributed by atoms with Gasteiger partial charge in [-0.25, -0.2) is 0 Å². The quantitative estimate of drug-likeness (QED) is 0.809. The van der Waals surface area contributed by atoms with Gasteiger partial charge in [-0.3, -0.25) is 8.89 Å². The van der Waals surface area contributed by atoms with Crippen molar-refractivity contribution in [3.63, 3.8) is 0 Å². The van der Waals surface area contributed by atoms with Gasteiger partial charge in [0.15, 0.2) is 0 Å². The van der Waals surface area contributed by atoms with Crippen LogP contribution in [-0.2, 0) is 23.6 Å². The number of aryl methyl sites for hydroxylation is 2. The van der Waals surface area contributed by atoms with Crippen LogP contribution in [0.5, 0.6) is 0 Å². The van der Waals surface area contributed by atoms with Crippen molar-refractivity contribution in [1.82, 2.24) is 9.78 Å². The Balaban J connectivity index is 2.62.